The minimum absolute atomic E-state index is 0.0289. The van der Waals surface area contributed by atoms with E-state index in [0.717, 1.165) is 6.42 Å². The Kier molecular flexibility index (Phi) is 14.4. The molecule has 0 bridgehead atoms. The number of aliphatic hydroxyl groups excluding tert-OH is 1. The van der Waals surface area contributed by atoms with Gasteiger partial charge in [0.25, 0.3) is 0 Å². The first kappa shape index (κ1) is 29.9. The van der Waals surface area contributed by atoms with E-state index in [2.05, 4.69) is 25.0 Å². The van der Waals surface area contributed by atoms with E-state index >= 15 is 0 Å². The first-order chi connectivity index (χ1) is 14.7. The van der Waals surface area contributed by atoms with E-state index in [9.17, 15) is 5.11 Å². The van der Waals surface area contributed by atoms with Crippen LogP contribution in [0, 0.1) is 5.92 Å². The van der Waals surface area contributed by atoms with Crippen LogP contribution in [0.1, 0.15) is 68.0 Å². The third-order valence-electron chi connectivity index (χ3n) is 3.73. The van der Waals surface area contributed by atoms with Gasteiger partial charge >= 0.3 is 144 Å². The van der Waals surface area contributed by atoms with E-state index in [0.29, 0.717) is 55.7 Å². The van der Waals surface area contributed by atoms with E-state index in [1.54, 1.807) is 6.33 Å². The van der Waals surface area contributed by atoms with Crippen molar-refractivity contribution in [3.05, 3.63) is 6.33 Å². The fourth-order valence-electron chi connectivity index (χ4n) is 2.75. The van der Waals surface area contributed by atoms with E-state index in [1.807, 2.05) is 39.2 Å². The van der Waals surface area contributed by atoms with Gasteiger partial charge in [-0.15, -0.1) is 0 Å². The number of fused-ring (bicyclic) bond motifs is 1. The topological polar surface area (TPSA) is 135 Å². The van der Waals surface area contributed by atoms with E-state index < -0.39 is 5.79 Å². The van der Waals surface area contributed by atoms with Gasteiger partial charge in [0.05, 0.1) is 0 Å². The summed E-state index contributed by atoms with van der Waals surface area (Å²) in [5.41, 5.74) is 1.33. The molecule has 0 aromatic carbocycles. The predicted octanol–water partition coefficient (Wildman–Crippen LogP) is 2.40. The summed E-state index contributed by atoms with van der Waals surface area (Å²) in [6, 6.07) is 0. The SMILES string of the molecule is CC.CC.CC(C)(O)O.CCOc1nc([NH][Tl])nc2c1ncn2C1OC(CO)CC1C. The third-order valence-corrected chi connectivity index (χ3v) is 4.73. The standard InChI is InChI=1S/C13H18N5O3.C3H8O2.2C2H6.Tl/c1-3-20-11-9-10(16-13(14)17-11)18(6-15-9)12-7(2)4-8(5-19)21-12;1-3(2,4)5;2*1-2;/h6-8,12,19H,3-5H2,1-2H3,(H-,14,16,17);4-5H,1-2H3;2*1-2H3;/q-1;;;;+1. The molecule has 1 aliphatic heterocycles. The zero-order valence-corrected chi connectivity index (χ0v) is 24.4. The van der Waals surface area contributed by atoms with E-state index in [1.165, 1.54) is 13.8 Å². The summed E-state index contributed by atoms with van der Waals surface area (Å²) in [5.74, 6) is -0.194. The maximum atomic E-state index is 9.31. The summed E-state index contributed by atoms with van der Waals surface area (Å²) in [6.07, 6.45) is 2.21. The molecule has 3 atom stereocenters. The third kappa shape index (κ3) is 9.51. The number of anilines is 1. The summed E-state index contributed by atoms with van der Waals surface area (Å²) < 4.78 is 16.5. The molecular weight excluding hydrogens is 595 g/mol. The minimum atomic E-state index is -1.50. The van der Waals surface area contributed by atoms with Crippen LogP contribution in [0.3, 0.4) is 0 Å². The number of aromatic nitrogens is 4. The second-order valence-electron chi connectivity index (χ2n) is 6.79. The second kappa shape index (κ2) is 14.9. The molecule has 0 radical (unpaired) electrons. The Morgan fingerprint density at radius 1 is 1.26 bits per heavy atom. The van der Waals surface area contributed by atoms with Gasteiger partial charge in [0.15, 0.2) is 5.79 Å². The van der Waals surface area contributed by atoms with E-state index in [4.69, 9.17) is 19.7 Å². The molecule has 1 fully saturated rings. The molecule has 2 aromatic rings. The van der Waals surface area contributed by atoms with Crippen molar-refractivity contribution in [1.29, 1.82) is 0 Å². The van der Waals surface area contributed by atoms with Gasteiger partial charge in [-0.2, -0.15) is 0 Å². The molecule has 4 N–H and O–H groups in total. The summed E-state index contributed by atoms with van der Waals surface area (Å²) in [4.78, 5) is 13.3. The molecule has 0 aliphatic carbocycles. The molecule has 3 rings (SSSR count). The van der Waals surface area contributed by atoms with E-state index in [-0.39, 0.29) is 24.9 Å². The van der Waals surface area contributed by atoms with Crippen LogP contribution in [0.5, 0.6) is 5.88 Å². The summed E-state index contributed by atoms with van der Waals surface area (Å²) in [7, 11) is 0. The van der Waals surface area contributed by atoms with Gasteiger partial charge in [0.1, 0.15) is 0 Å². The van der Waals surface area contributed by atoms with Crippen molar-refractivity contribution in [2.24, 2.45) is 5.92 Å². The quantitative estimate of drug-likeness (QED) is 0.290. The fraction of sp³-hybridized carbons (Fsp3) is 0.750. The number of nitrogens with zero attached hydrogens (tertiary/aromatic N) is 4. The predicted molar refractivity (Wildman–Crippen MR) is 122 cm³/mol. The van der Waals surface area contributed by atoms with Gasteiger partial charge in [-0.1, -0.05) is 27.7 Å². The first-order valence-electron chi connectivity index (χ1n) is 10.7. The van der Waals surface area contributed by atoms with Crippen molar-refractivity contribution in [3.8, 4) is 5.88 Å². The van der Waals surface area contributed by atoms with Crippen LogP contribution in [-0.4, -0.2) is 86.0 Å². The Morgan fingerprint density at radius 3 is 2.29 bits per heavy atom. The van der Waals surface area contributed by atoms with Crippen LogP contribution in [0.25, 0.3) is 11.2 Å². The Hall–Kier alpha value is -1.09. The molecule has 2 aromatic heterocycles. The van der Waals surface area contributed by atoms with Gasteiger partial charge in [-0.25, -0.2) is 0 Å². The maximum absolute atomic E-state index is 9.31. The van der Waals surface area contributed by atoms with Crippen LogP contribution < -0.4 is 7.86 Å². The first-order valence-corrected chi connectivity index (χ1v) is 13.0. The molecule has 3 unspecified atom stereocenters. The van der Waals surface area contributed by atoms with Crippen molar-refractivity contribution >= 4 is 43.2 Å². The monoisotopic (exact) mass is 633 g/mol. The summed E-state index contributed by atoms with van der Waals surface area (Å²) >= 11 is 0.536. The molecule has 31 heavy (non-hydrogen) atoms. The Balaban J connectivity index is 0.000000867. The Morgan fingerprint density at radius 2 is 1.84 bits per heavy atom. The number of rotatable bonds is 5. The van der Waals surface area contributed by atoms with Gasteiger partial charge in [0.2, 0.25) is 0 Å². The van der Waals surface area contributed by atoms with Crippen LogP contribution in [0.2, 0.25) is 0 Å². The van der Waals surface area contributed by atoms with Gasteiger partial charge in [0, 0.05) is 0 Å². The Labute approximate surface area is 201 Å². The van der Waals surface area contributed by atoms with Crippen LogP contribution in [0.4, 0.5) is 5.95 Å². The van der Waals surface area contributed by atoms with Gasteiger partial charge in [-0.3, -0.25) is 0 Å². The number of ether oxygens (including phenoxy) is 2. The van der Waals surface area contributed by atoms with Crippen LogP contribution in [0.15, 0.2) is 6.33 Å². The number of aliphatic hydroxyl groups is 3. The number of hydrogen-bond donors (Lipinski definition) is 4. The average Bonchev–Trinajstić information content (AvgIpc) is 3.32. The summed E-state index contributed by atoms with van der Waals surface area (Å²) in [5, 5.41) is 25.5. The van der Waals surface area contributed by atoms with Crippen molar-refractivity contribution in [2.45, 2.75) is 79.9 Å². The zero-order valence-electron chi connectivity index (χ0n) is 20.0. The van der Waals surface area contributed by atoms with Crippen molar-refractivity contribution < 1.29 is 24.8 Å². The second-order valence-corrected chi connectivity index (χ2v) is 7.91. The fourth-order valence-corrected chi connectivity index (χ4v) is 3.26. The molecule has 10 nitrogen and oxygen atoms in total. The molecule has 0 spiro atoms. The number of hydrogen-bond acceptors (Lipinski definition) is 9. The molecule has 0 amide bonds. The van der Waals surface area contributed by atoms with Crippen molar-refractivity contribution in [3.63, 3.8) is 0 Å². The van der Waals surface area contributed by atoms with Gasteiger partial charge in [-0.05, 0) is 13.8 Å². The average molecular weight is 633 g/mol. The van der Waals surface area contributed by atoms with Crippen molar-refractivity contribution in [1.82, 2.24) is 19.5 Å². The number of imidazole rings is 1. The molecule has 11 heteroatoms. The molecule has 176 valence electrons. The molecular formula is C20H38N5O5Tl. The Bertz CT molecular complexity index is 747. The summed E-state index contributed by atoms with van der Waals surface area (Å²) in [6.45, 7) is 15.2. The van der Waals surface area contributed by atoms with Gasteiger partial charge < -0.3 is 10.2 Å². The molecule has 3 heterocycles. The number of nitrogens with one attached hydrogen (secondary N) is 1. The zero-order chi connectivity index (χ0) is 24.2. The normalized spacial score (nSPS) is 19.9. The molecule has 1 saturated heterocycles. The van der Waals surface area contributed by atoms with Crippen LogP contribution in [-0.2, 0) is 4.74 Å². The van der Waals surface area contributed by atoms with Crippen LogP contribution >= 0.6 is 0 Å². The molecule has 0 saturated carbocycles. The molecule has 1 aliphatic rings. The van der Waals surface area contributed by atoms with Crippen molar-refractivity contribution in [2.75, 3.05) is 16.3 Å².